The molecule has 0 bridgehead atoms. The number of ether oxygens (including phenoxy) is 1. The molecular formula is C15H17NO4. The van der Waals surface area contributed by atoms with Crippen molar-refractivity contribution in [2.75, 3.05) is 13.7 Å². The van der Waals surface area contributed by atoms with Crippen LogP contribution in [-0.2, 0) is 0 Å². The molecule has 0 aliphatic rings. The third kappa shape index (κ3) is 2.99. The van der Waals surface area contributed by atoms with E-state index in [0.717, 1.165) is 0 Å². The Bertz CT molecular complexity index is 688. The molecule has 2 aromatic rings. The number of carbonyl (C=O) groups excluding carboxylic acids is 1. The summed E-state index contributed by atoms with van der Waals surface area (Å²) >= 11 is 0. The standard InChI is InChI=1S/C15H17NO4/c1-9(2)8-16-14(17)12-6-10-4-5-11(19-3)7-13(10)20-15(12)18/h4-7,9H,8H2,1-3H3,(H,16,17). The third-order valence-electron chi connectivity index (χ3n) is 2.86. The quantitative estimate of drug-likeness (QED) is 0.868. The van der Waals surface area contributed by atoms with Gasteiger partial charge in [-0.25, -0.2) is 4.79 Å². The Labute approximate surface area is 116 Å². The monoisotopic (exact) mass is 275 g/mol. The fraction of sp³-hybridized carbons (Fsp3) is 0.333. The van der Waals surface area contributed by atoms with Crippen LogP contribution < -0.4 is 15.7 Å². The average molecular weight is 275 g/mol. The Morgan fingerprint density at radius 2 is 2.10 bits per heavy atom. The molecule has 0 unspecified atom stereocenters. The molecule has 0 aliphatic heterocycles. The van der Waals surface area contributed by atoms with Gasteiger partial charge in [0.15, 0.2) is 0 Å². The van der Waals surface area contributed by atoms with E-state index in [1.54, 1.807) is 18.2 Å². The number of benzene rings is 1. The average Bonchev–Trinajstić information content (AvgIpc) is 2.43. The van der Waals surface area contributed by atoms with Crippen LogP contribution in [-0.4, -0.2) is 19.6 Å². The van der Waals surface area contributed by atoms with Crippen molar-refractivity contribution in [1.29, 1.82) is 0 Å². The fourth-order valence-electron chi connectivity index (χ4n) is 1.77. The number of rotatable bonds is 4. The number of amides is 1. The van der Waals surface area contributed by atoms with Crippen molar-refractivity contribution < 1.29 is 13.9 Å². The van der Waals surface area contributed by atoms with E-state index in [1.807, 2.05) is 13.8 Å². The first-order chi connectivity index (χ1) is 9.51. The third-order valence-corrected chi connectivity index (χ3v) is 2.86. The van der Waals surface area contributed by atoms with E-state index in [9.17, 15) is 9.59 Å². The minimum Gasteiger partial charge on any atom is -0.497 e. The lowest BCUT2D eigenvalue weighted by Gasteiger charge is -2.07. The molecule has 1 heterocycles. The van der Waals surface area contributed by atoms with Crippen LogP contribution in [0.4, 0.5) is 0 Å². The predicted molar refractivity (Wildman–Crippen MR) is 76.2 cm³/mol. The molecule has 106 valence electrons. The molecule has 1 N–H and O–H groups in total. The zero-order chi connectivity index (χ0) is 14.7. The van der Waals surface area contributed by atoms with E-state index in [0.29, 0.717) is 29.2 Å². The van der Waals surface area contributed by atoms with Gasteiger partial charge in [0, 0.05) is 18.0 Å². The highest BCUT2D eigenvalue weighted by Gasteiger charge is 2.14. The maximum atomic E-state index is 11.9. The van der Waals surface area contributed by atoms with Gasteiger partial charge in [-0.2, -0.15) is 0 Å². The molecule has 5 nitrogen and oxygen atoms in total. The van der Waals surface area contributed by atoms with Gasteiger partial charge in [0.25, 0.3) is 5.91 Å². The lowest BCUT2D eigenvalue weighted by molar-refractivity contribution is 0.0945. The van der Waals surface area contributed by atoms with Gasteiger partial charge in [-0.1, -0.05) is 13.8 Å². The van der Waals surface area contributed by atoms with Crippen molar-refractivity contribution in [1.82, 2.24) is 5.32 Å². The Hall–Kier alpha value is -2.30. The second kappa shape index (κ2) is 5.77. The van der Waals surface area contributed by atoms with Gasteiger partial charge < -0.3 is 14.5 Å². The predicted octanol–water partition coefficient (Wildman–Crippen LogP) is 2.19. The van der Waals surface area contributed by atoms with Crippen LogP contribution in [0.5, 0.6) is 5.75 Å². The highest BCUT2D eigenvalue weighted by Crippen LogP contribution is 2.20. The molecule has 1 aromatic heterocycles. The normalized spacial score (nSPS) is 10.8. The van der Waals surface area contributed by atoms with E-state index >= 15 is 0 Å². The summed E-state index contributed by atoms with van der Waals surface area (Å²) in [6, 6.07) is 6.65. The molecule has 1 aromatic carbocycles. The first kappa shape index (κ1) is 14.1. The largest absolute Gasteiger partial charge is 0.497 e. The first-order valence-electron chi connectivity index (χ1n) is 6.41. The van der Waals surface area contributed by atoms with E-state index in [-0.39, 0.29) is 5.56 Å². The van der Waals surface area contributed by atoms with Gasteiger partial charge in [0.05, 0.1) is 7.11 Å². The van der Waals surface area contributed by atoms with Crippen molar-refractivity contribution in [2.45, 2.75) is 13.8 Å². The lowest BCUT2D eigenvalue weighted by Crippen LogP contribution is -2.31. The van der Waals surface area contributed by atoms with Crippen LogP contribution in [0.3, 0.4) is 0 Å². The summed E-state index contributed by atoms with van der Waals surface area (Å²) in [6.45, 7) is 4.48. The number of methoxy groups -OCH3 is 1. The molecule has 5 heteroatoms. The fourth-order valence-corrected chi connectivity index (χ4v) is 1.77. The van der Waals surface area contributed by atoms with Crippen LogP contribution >= 0.6 is 0 Å². The van der Waals surface area contributed by atoms with E-state index in [4.69, 9.17) is 9.15 Å². The zero-order valence-electron chi connectivity index (χ0n) is 11.7. The van der Waals surface area contributed by atoms with Crippen LogP contribution in [0.25, 0.3) is 11.0 Å². The topological polar surface area (TPSA) is 68.5 Å². The van der Waals surface area contributed by atoms with Gasteiger partial charge in [-0.3, -0.25) is 4.79 Å². The molecule has 0 atom stereocenters. The Kier molecular flexibility index (Phi) is 4.08. The Balaban J connectivity index is 2.38. The summed E-state index contributed by atoms with van der Waals surface area (Å²) in [6.07, 6.45) is 0. The smallest absolute Gasteiger partial charge is 0.349 e. The highest BCUT2D eigenvalue weighted by atomic mass is 16.5. The molecule has 0 spiro atoms. The van der Waals surface area contributed by atoms with Gasteiger partial charge in [-0.05, 0) is 24.1 Å². The summed E-state index contributed by atoms with van der Waals surface area (Å²) in [7, 11) is 1.53. The lowest BCUT2D eigenvalue weighted by atomic mass is 10.1. The Morgan fingerprint density at radius 3 is 2.75 bits per heavy atom. The summed E-state index contributed by atoms with van der Waals surface area (Å²) in [5, 5.41) is 3.38. The summed E-state index contributed by atoms with van der Waals surface area (Å²) in [4.78, 5) is 23.8. The second-order valence-electron chi connectivity index (χ2n) is 4.96. The number of hydrogen-bond acceptors (Lipinski definition) is 4. The van der Waals surface area contributed by atoms with Gasteiger partial charge in [0.1, 0.15) is 16.9 Å². The molecule has 1 amide bonds. The molecular weight excluding hydrogens is 258 g/mol. The number of carbonyl (C=O) groups is 1. The summed E-state index contributed by atoms with van der Waals surface area (Å²) in [5.41, 5.74) is -0.231. The molecule has 0 fully saturated rings. The highest BCUT2D eigenvalue weighted by molar-refractivity contribution is 5.96. The van der Waals surface area contributed by atoms with Crippen LogP contribution in [0, 0.1) is 5.92 Å². The molecule has 0 radical (unpaired) electrons. The van der Waals surface area contributed by atoms with Crippen molar-refractivity contribution in [3.63, 3.8) is 0 Å². The first-order valence-corrected chi connectivity index (χ1v) is 6.41. The molecule has 0 aliphatic carbocycles. The Morgan fingerprint density at radius 1 is 1.35 bits per heavy atom. The van der Waals surface area contributed by atoms with E-state index in [2.05, 4.69) is 5.32 Å². The van der Waals surface area contributed by atoms with Crippen LogP contribution in [0.2, 0.25) is 0 Å². The maximum Gasteiger partial charge on any atom is 0.349 e. The minimum absolute atomic E-state index is 0.0170. The number of nitrogens with one attached hydrogen (secondary N) is 1. The van der Waals surface area contributed by atoms with Crippen molar-refractivity contribution in [2.24, 2.45) is 5.92 Å². The maximum absolute atomic E-state index is 11.9. The molecule has 0 saturated carbocycles. The van der Waals surface area contributed by atoms with E-state index in [1.165, 1.54) is 13.2 Å². The number of hydrogen-bond donors (Lipinski definition) is 1. The van der Waals surface area contributed by atoms with Crippen molar-refractivity contribution >= 4 is 16.9 Å². The summed E-state index contributed by atoms with van der Waals surface area (Å²) < 4.78 is 10.2. The van der Waals surface area contributed by atoms with Crippen LogP contribution in [0.15, 0.2) is 33.5 Å². The second-order valence-corrected chi connectivity index (χ2v) is 4.96. The number of fused-ring (bicyclic) bond motifs is 1. The van der Waals surface area contributed by atoms with Gasteiger partial charge >= 0.3 is 5.63 Å². The SMILES string of the molecule is COc1ccc2cc(C(=O)NCC(C)C)c(=O)oc2c1. The van der Waals surface area contributed by atoms with Gasteiger partial charge in [-0.15, -0.1) is 0 Å². The molecule has 2 rings (SSSR count). The van der Waals surface area contributed by atoms with Crippen molar-refractivity contribution in [3.05, 3.63) is 40.2 Å². The van der Waals surface area contributed by atoms with Crippen molar-refractivity contribution in [3.8, 4) is 5.75 Å². The van der Waals surface area contributed by atoms with Gasteiger partial charge in [0.2, 0.25) is 0 Å². The van der Waals surface area contributed by atoms with Crippen LogP contribution in [0.1, 0.15) is 24.2 Å². The zero-order valence-corrected chi connectivity index (χ0v) is 11.7. The molecule has 0 saturated heterocycles. The van der Waals surface area contributed by atoms with E-state index < -0.39 is 11.5 Å². The molecule has 20 heavy (non-hydrogen) atoms. The summed E-state index contributed by atoms with van der Waals surface area (Å²) in [5.74, 6) is 0.499. The minimum atomic E-state index is -0.646.